The van der Waals surface area contributed by atoms with Gasteiger partial charge in [-0.05, 0) is 98.5 Å². The maximum absolute atomic E-state index is 13.3. The van der Waals surface area contributed by atoms with Gasteiger partial charge in [-0.25, -0.2) is 0 Å². The van der Waals surface area contributed by atoms with Gasteiger partial charge in [-0.15, -0.1) is 10.2 Å². The van der Waals surface area contributed by atoms with E-state index in [-0.39, 0.29) is 23.6 Å². The number of nitrogens with zero attached hydrogens (tertiary/aromatic N) is 4. The predicted octanol–water partition coefficient (Wildman–Crippen LogP) is 5.91. The van der Waals surface area contributed by atoms with Crippen molar-refractivity contribution in [1.82, 2.24) is 20.0 Å². The Kier molecular flexibility index (Phi) is 10.1. The molecule has 3 heterocycles. The molecule has 0 saturated carbocycles. The molecule has 13 nitrogen and oxygen atoms in total. The molecule has 0 aliphatic carbocycles. The highest BCUT2D eigenvalue weighted by molar-refractivity contribution is 6.04. The van der Waals surface area contributed by atoms with Gasteiger partial charge in [0, 0.05) is 35.6 Å². The Labute approximate surface area is 305 Å². The van der Waals surface area contributed by atoms with Crippen LogP contribution in [0.1, 0.15) is 46.4 Å². The molecule has 2 unspecified atom stereocenters. The van der Waals surface area contributed by atoms with E-state index in [4.69, 9.17) is 13.9 Å². The van der Waals surface area contributed by atoms with Crippen molar-refractivity contribution in [2.75, 3.05) is 37.9 Å². The number of carbonyl (C=O) groups excluding carboxylic acids is 4. The first-order valence-electron chi connectivity index (χ1n) is 17.4. The fourth-order valence-electron chi connectivity index (χ4n) is 6.82. The number of nitrogens with one attached hydrogen (secondary N) is 2. The first-order chi connectivity index (χ1) is 25.8. The van der Waals surface area contributed by atoms with Gasteiger partial charge >= 0.3 is 0 Å². The molecule has 270 valence electrons. The lowest BCUT2D eigenvalue weighted by molar-refractivity contribution is -0.120. The van der Waals surface area contributed by atoms with E-state index in [1.807, 2.05) is 0 Å². The topological polar surface area (TPSA) is 156 Å². The Morgan fingerprint density at radius 3 is 1.40 bits per heavy atom. The van der Waals surface area contributed by atoms with Crippen LogP contribution >= 0.6 is 0 Å². The lowest BCUT2D eigenvalue weighted by Gasteiger charge is -2.24. The summed E-state index contributed by atoms with van der Waals surface area (Å²) in [6, 6.07) is 26.8. The van der Waals surface area contributed by atoms with Gasteiger partial charge in [0.1, 0.15) is 23.6 Å². The first-order valence-corrected chi connectivity index (χ1v) is 17.4. The third kappa shape index (κ3) is 7.31. The maximum Gasteiger partial charge on any atom is 0.258 e. The monoisotopic (exact) mass is 714 g/mol. The molecule has 2 atom stereocenters. The summed E-state index contributed by atoms with van der Waals surface area (Å²) in [6.07, 6.45) is 2.57. The normalized spacial score (nSPS) is 16.6. The molecule has 2 N–H and O–H groups in total. The van der Waals surface area contributed by atoms with Gasteiger partial charge in [-0.1, -0.05) is 24.3 Å². The van der Waals surface area contributed by atoms with Crippen molar-refractivity contribution in [2.24, 2.45) is 0 Å². The minimum atomic E-state index is -0.601. The van der Waals surface area contributed by atoms with Crippen LogP contribution < -0.4 is 20.1 Å². The number of hydrogen-bond donors (Lipinski definition) is 2. The average molecular weight is 715 g/mol. The summed E-state index contributed by atoms with van der Waals surface area (Å²) in [7, 11) is 3.03. The number of ether oxygens (including phenoxy) is 2. The van der Waals surface area contributed by atoms with E-state index in [0.29, 0.717) is 82.8 Å². The molecular weight excluding hydrogens is 676 g/mol. The molecule has 7 rings (SSSR count). The van der Waals surface area contributed by atoms with Gasteiger partial charge in [-0.2, -0.15) is 0 Å². The van der Waals surface area contributed by atoms with Gasteiger partial charge in [0.2, 0.25) is 23.6 Å². The van der Waals surface area contributed by atoms with Crippen molar-refractivity contribution in [2.45, 2.75) is 37.8 Å². The minimum Gasteiger partial charge on any atom is -0.496 e. The van der Waals surface area contributed by atoms with E-state index in [1.54, 1.807) is 107 Å². The largest absolute Gasteiger partial charge is 0.496 e. The van der Waals surface area contributed by atoms with E-state index < -0.39 is 12.1 Å². The maximum atomic E-state index is 13.3. The van der Waals surface area contributed by atoms with Crippen molar-refractivity contribution in [3.05, 3.63) is 108 Å². The van der Waals surface area contributed by atoms with Crippen LogP contribution in [0.5, 0.6) is 11.5 Å². The number of hydrogen-bond acceptors (Lipinski definition) is 9. The molecule has 13 heteroatoms. The van der Waals surface area contributed by atoms with Crippen LogP contribution in [-0.2, 0) is 9.59 Å². The van der Waals surface area contributed by atoms with Crippen LogP contribution in [0.15, 0.2) is 101 Å². The highest BCUT2D eigenvalue weighted by Gasteiger charge is 2.37. The predicted molar refractivity (Wildman–Crippen MR) is 197 cm³/mol. The first kappa shape index (κ1) is 34.9. The molecule has 53 heavy (non-hydrogen) atoms. The second kappa shape index (κ2) is 15.4. The quantitative estimate of drug-likeness (QED) is 0.180. The molecule has 1 aromatic heterocycles. The summed E-state index contributed by atoms with van der Waals surface area (Å²) < 4.78 is 16.7. The van der Waals surface area contributed by atoms with Gasteiger partial charge in [-0.3, -0.25) is 19.2 Å². The Balaban J connectivity index is 0.955. The Bertz CT molecular complexity index is 1980. The number of likely N-dealkylation sites (tertiary alicyclic amines) is 2. The number of carbonyl (C=O) groups is 4. The zero-order chi connectivity index (χ0) is 36.9. The molecule has 0 bridgehead atoms. The van der Waals surface area contributed by atoms with Gasteiger partial charge in [0.05, 0.1) is 25.3 Å². The lowest BCUT2D eigenvalue weighted by Crippen LogP contribution is -2.43. The number of methoxy groups -OCH3 is 2. The van der Waals surface area contributed by atoms with Gasteiger partial charge < -0.3 is 34.3 Å². The van der Waals surface area contributed by atoms with Crippen molar-refractivity contribution in [3.8, 4) is 34.4 Å². The summed E-state index contributed by atoms with van der Waals surface area (Å²) in [6.45, 7) is 0.968. The number of rotatable bonds is 10. The molecule has 4 amide bonds. The fourth-order valence-corrected chi connectivity index (χ4v) is 6.82. The van der Waals surface area contributed by atoms with E-state index >= 15 is 0 Å². The number of para-hydroxylation sites is 2. The molecular formula is C40H38N6O7. The van der Waals surface area contributed by atoms with Crippen molar-refractivity contribution >= 4 is 35.0 Å². The van der Waals surface area contributed by atoms with Crippen LogP contribution in [0.2, 0.25) is 0 Å². The Morgan fingerprint density at radius 2 is 1.00 bits per heavy atom. The van der Waals surface area contributed by atoms with Crippen LogP contribution in [0.4, 0.5) is 11.4 Å². The SMILES string of the molecule is COc1ccccc1C(=O)N1CCCC1C(=O)Nc1ccc(-c2nnc(-c3ccc(NC(=O)C4CCCN4C(=O)c4ccccc4OC)cc3)o2)cc1. The summed E-state index contributed by atoms with van der Waals surface area (Å²) in [5, 5.41) is 14.3. The summed E-state index contributed by atoms with van der Waals surface area (Å²) in [5.41, 5.74) is 3.29. The average Bonchev–Trinajstić information content (AvgIpc) is 4.00. The standard InChI is InChI=1S/C40H38N6O7/c1-51-33-13-5-3-9-29(33)39(49)45-23-7-11-31(45)35(47)41-27-19-15-25(16-20-27)37-43-44-38(53-37)26-17-21-28(22-18-26)42-36(48)32-12-8-24-46(32)40(50)30-10-4-6-14-34(30)52-2/h3-6,9-10,13-22,31-32H,7-8,11-12,23-24H2,1-2H3,(H,41,47)(H,42,48). The van der Waals surface area contributed by atoms with Crippen molar-refractivity contribution in [3.63, 3.8) is 0 Å². The van der Waals surface area contributed by atoms with Crippen molar-refractivity contribution < 1.29 is 33.1 Å². The Hall–Kier alpha value is -6.50. The van der Waals surface area contributed by atoms with E-state index in [9.17, 15) is 19.2 Å². The summed E-state index contributed by atoms with van der Waals surface area (Å²) in [5.74, 6) is 0.516. The Morgan fingerprint density at radius 1 is 0.604 bits per heavy atom. The molecule has 0 spiro atoms. The molecule has 2 saturated heterocycles. The third-order valence-corrected chi connectivity index (χ3v) is 9.53. The highest BCUT2D eigenvalue weighted by atomic mass is 16.5. The highest BCUT2D eigenvalue weighted by Crippen LogP contribution is 2.30. The van der Waals surface area contributed by atoms with Gasteiger partial charge in [0.25, 0.3) is 11.8 Å². The number of aromatic nitrogens is 2. The molecule has 0 radical (unpaired) electrons. The van der Waals surface area contributed by atoms with Crippen molar-refractivity contribution in [1.29, 1.82) is 0 Å². The molecule has 5 aromatic rings. The van der Waals surface area contributed by atoms with E-state index in [0.717, 1.165) is 12.8 Å². The summed E-state index contributed by atoms with van der Waals surface area (Å²) >= 11 is 0. The van der Waals surface area contributed by atoms with E-state index in [2.05, 4.69) is 20.8 Å². The minimum absolute atomic E-state index is 0.239. The van der Waals surface area contributed by atoms with Crippen LogP contribution in [0.25, 0.3) is 22.9 Å². The number of benzene rings is 4. The number of anilines is 2. The second-order valence-corrected chi connectivity index (χ2v) is 12.8. The lowest BCUT2D eigenvalue weighted by atomic mass is 10.1. The zero-order valence-electron chi connectivity index (χ0n) is 29.3. The van der Waals surface area contributed by atoms with Crippen LogP contribution in [-0.4, -0.2) is 83.0 Å². The van der Waals surface area contributed by atoms with Crippen LogP contribution in [0.3, 0.4) is 0 Å². The van der Waals surface area contributed by atoms with Crippen LogP contribution in [0, 0.1) is 0 Å². The second-order valence-electron chi connectivity index (χ2n) is 12.8. The van der Waals surface area contributed by atoms with E-state index in [1.165, 1.54) is 14.2 Å². The smallest absolute Gasteiger partial charge is 0.258 e. The molecule has 2 aliphatic heterocycles. The summed E-state index contributed by atoms with van der Waals surface area (Å²) in [4.78, 5) is 56.4. The fraction of sp³-hybridized carbons (Fsp3) is 0.250. The molecule has 2 fully saturated rings. The van der Waals surface area contributed by atoms with Gasteiger partial charge in [0.15, 0.2) is 0 Å². The molecule has 4 aromatic carbocycles. The third-order valence-electron chi connectivity index (χ3n) is 9.53. The molecule has 2 aliphatic rings. The zero-order valence-corrected chi connectivity index (χ0v) is 29.3. The number of amides is 4.